The van der Waals surface area contributed by atoms with E-state index in [9.17, 15) is 0 Å². The summed E-state index contributed by atoms with van der Waals surface area (Å²) in [4.78, 5) is 2.46. The Morgan fingerprint density at radius 3 is 1.85 bits per heavy atom. The van der Waals surface area contributed by atoms with Crippen LogP contribution in [-0.4, -0.2) is 0 Å². The van der Waals surface area contributed by atoms with Gasteiger partial charge in [0.15, 0.2) is 0 Å². The van der Waals surface area contributed by atoms with E-state index in [0.717, 1.165) is 55.5 Å². The van der Waals surface area contributed by atoms with Gasteiger partial charge in [0, 0.05) is 38.5 Å². The van der Waals surface area contributed by atoms with Gasteiger partial charge in [0.1, 0.15) is 11.2 Å². The molecule has 0 saturated carbocycles. The zero-order valence-corrected chi connectivity index (χ0v) is 32.9. The zero-order valence-electron chi connectivity index (χ0n) is 32.9. The lowest BCUT2D eigenvalue weighted by atomic mass is 9.82. The van der Waals surface area contributed by atoms with Gasteiger partial charge in [-0.05, 0) is 108 Å². The zero-order chi connectivity index (χ0) is 39.2. The van der Waals surface area contributed by atoms with Crippen LogP contribution in [0.25, 0.3) is 87.6 Å². The third-order valence-corrected chi connectivity index (χ3v) is 12.9. The summed E-state index contributed by atoms with van der Waals surface area (Å²) in [6, 6.07) is 73.2. The predicted octanol–water partition coefficient (Wildman–Crippen LogP) is 16.2. The number of hydrogen-bond acceptors (Lipinski definition) is 2. The molecule has 0 spiro atoms. The van der Waals surface area contributed by atoms with Gasteiger partial charge in [-0.1, -0.05) is 172 Å². The van der Waals surface area contributed by atoms with Crippen LogP contribution in [0.1, 0.15) is 25.0 Å². The summed E-state index contributed by atoms with van der Waals surface area (Å²) in [5.41, 5.74) is 15.1. The van der Waals surface area contributed by atoms with E-state index in [2.05, 4.69) is 219 Å². The fourth-order valence-corrected chi connectivity index (χ4v) is 10.0. The SMILES string of the molecule is CC1(C)c2ccccc2-c2ccc(N(c3ccc(-c4cccc5oc6c7ccccc7ccc6c45)cc3)c3ccccc3-c3cccc4c3ccc3ccccc34)cc21. The van der Waals surface area contributed by atoms with Crippen LogP contribution in [0.15, 0.2) is 205 Å². The number of nitrogens with zero attached hydrogens (tertiary/aromatic N) is 1. The Morgan fingerprint density at radius 1 is 0.390 bits per heavy atom. The lowest BCUT2D eigenvalue weighted by molar-refractivity contribution is 0.660. The van der Waals surface area contributed by atoms with Crippen molar-refractivity contribution in [3.05, 3.63) is 211 Å². The van der Waals surface area contributed by atoms with Crippen molar-refractivity contribution in [1.82, 2.24) is 0 Å². The molecule has 1 aromatic heterocycles. The maximum Gasteiger partial charge on any atom is 0.143 e. The van der Waals surface area contributed by atoms with Gasteiger partial charge >= 0.3 is 0 Å². The Kier molecular flexibility index (Phi) is 7.31. The molecule has 59 heavy (non-hydrogen) atoms. The maximum absolute atomic E-state index is 6.58. The third-order valence-electron chi connectivity index (χ3n) is 12.9. The Hall–Kier alpha value is -7.42. The first-order valence-corrected chi connectivity index (χ1v) is 20.5. The number of fused-ring (bicyclic) bond motifs is 11. The Bertz CT molecular complexity index is 3480. The predicted molar refractivity (Wildman–Crippen MR) is 249 cm³/mol. The number of hydrogen-bond donors (Lipinski definition) is 0. The van der Waals surface area contributed by atoms with Gasteiger partial charge in [0.25, 0.3) is 0 Å². The van der Waals surface area contributed by atoms with Gasteiger partial charge in [0.05, 0.1) is 5.69 Å². The smallest absolute Gasteiger partial charge is 0.143 e. The van der Waals surface area contributed by atoms with Crippen LogP contribution in [0.2, 0.25) is 0 Å². The molecule has 0 amide bonds. The van der Waals surface area contributed by atoms with E-state index in [0.29, 0.717) is 0 Å². The molecule has 278 valence electrons. The maximum atomic E-state index is 6.58. The average molecular weight is 754 g/mol. The van der Waals surface area contributed by atoms with Crippen molar-refractivity contribution in [1.29, 1.82) is 0 Å². The van der Waals surface area contributed by atoms with E-state index in [-0.39, 0.29) is 5.41 Å². The summed E-state index contributed by atoms with van der Waals surface area (Å²) in [5.74, 6) is 0. The molecule has 0 bridgehead atoms. The lowest BCUT2D eigenvalue weighted by Gasteiger charge is -2.30. The molecule has 0 fully saturated rings. The van der Waals surface area contributed by atoms with E-state index >= 15 is 0 Å². The van der Waals surface area contributed by atoms with E-state index < -0.39 is 0 Å². The Balaban J connectivity index is 1.05. The molecule has 2 heteroatoms. The summed E-state index contributed by atoms with van der Waals surface area (Å²) >= 11 is 0. The molecule has 0 atom stereocenters. The molecule has 1 heterocycles. The van der Waals surface area contributed by atoms with Gasteiger partial charge in [-0.2, -0.15) is 0 Å². The fraction of sp³-hybridized carbons (Fsp3) is 0.0526. The quantitative estimate of drug-likeness (QED) is 0.163. The molecule has 1 aliphatic rings. The van der Waals surface area contributed by atoms with Crippen LogP contribution >= 0.6 is 0 Å². The number of para-hydroxylation sites is 1. The van der Waals surface area contributed by atoms with E-state index in [1.807, 2.05) is 0 Å². The summed E-state index contributed by atoms with van der Waals surface area (Å²) < 4.78 is 6.58. The number of anilines is 3. The second kappa shape index (κ2) is 12.8. The van der Waals surface area contributed by atoms with Gasteiger partial charge in [-0.25, -0.2) is 0 Å². The largest absolute Gasteiger partial charge is 0.455 e. The van der Waals surface area contributed by atoms with Crippen LogP contribution in [0, 0.1) is 0 Å². The van der Waals surface area contributed by atoms with Crippen molar-refractivity contribution in [3.8, 4) is 33.4 Å². The van der Waals surface area contributed by atoms with Crippen molar-refractivity contribution >= 4 is 71.3 Å². The van der Waals surface area contributed by atoms with Gasteiger partial charge in [-0.15, -0.1) is 0 Å². The molecule has 10 aromatic carbocycles. The van der Waals surface area contributed by atoms with Crippen molar-refractivity contribution in [2.45, 2.75) is 19.3 Å². The van der Waals surface area contributed by atoms with E-state index in [1.54, 1.807) is 0 Å². The minimum absolute atomic E-state index is 0.134. The average Bonchev–Trinajstić information content (AvgIpc) is 3.79. The van der Waals surface area contributed by atoms with Crippen molar-refractivity contribution < 1.29 is 4.42 Å². The van der Waals surface area contributed by atoms with Gasteiger partial charge < -0.3 is 9.32 Å². The minimum Gasteiger partial charge on any atom is -0.455 e. The van der Waals surface area contributed by atoms with Crippen LogP contribution < -0.4 is 4.90 Å². The van der Waals surface area contributed by atoms with Crippen LogP contribution in [0.4, 0.5) is 17.1 Å². The monoisotopic (exact) mass is 753 g/mol. The minimum atomic E-state index is -0.134. The Morgan fingerprint density at radius 2 is 1.00 bits per heavy atom. The molecule has 11 aromatic rings. The number of furan rings is 1. The van der Waals surface area contributed by atoms with Crippen molar-refractivity contribution in [2.24, 2.45) is 0 Å². The summed E-state index contributed by atoms with van der Waals surface area (Å²) in [6.45, 7) is 4.72. The highest BCUT2D eigenvalue weighted by Gasteiger charge is 2.36. The normalized spacial score (nSPS) is 13.1. The summed E-state index contributed by atoms with van der Waals surface area (Å²) in [6.07, 6.45) is 0. The molecular formula is C57H39NO. The van der Waals surface area contributed by atoms with Crippen LogP contribution in [0.3, 0.4) is 0 Å². The topological polar surface area (TPSA) is 16.4 Å². The second-order valence-electron chi connectivity index (χ2n) is 16.4. The van der Waals surface area contributed by atoms with Crippen molar-refractivity contribution in [2.75, 3.05) is 4.90 Å². The molecule has 0 saturated heterocycles. The molecule has 0 radical (unpaired) electrons. The van der Waals surface area contributed by atoms with Crippen molar-refractivity contribution in [3.63, 3.8) is 0 Å². The molecule has 1 aliphatic carbocycles. The highest BCUT2D eigenvalue weighted by Crippen LogP contribution is 2.52. The number of benzene rings is 10. The summed E-state index contributed by atoms with van der Waals surface area (Å²) in [7, 11) is 0. The van der Waals surface area contributed by atoms with Gasteiger partial charge in [0.2, 0.25) is 0 Å². The van der Waals surface area contributed by atoms with E-state index in [4.69, 9.17) is 4.42 Å². The van der Waals surface area contributed by atoms with Crippen LogP contribution in [-0.2, 0) is 5.41 Å². The lowest BCUT2D eigenvalue weighted by Crippen LogP contribution is -2.16. The first kappa shape index (κ1) is 33.7. The number of rotatable bonds is 5. The van der Waals surface area contributed by atoms with E-state index in [1.165, 1.54) is 60.3 Å². The summed E-state index contributed by atoms with van der Waals surface area (Å²) in [5, 5.41) is 9.63. The molecule has 0 N–H and O–H groups in total. The standard InChI is InChI=1S/C57H39NO/c1-57(2)51-22-9-7-17-47(51)48-34-31-40(35-52(48)57)58(53-23-10-8-18-49(53)45-21-11-20-44-41-15-5-3-13-36(41)27-32-46(44)45)39-29-25-38(26-30-39)42-19-12-24-54-55(42)50-33-28-37-14-4-6-16-43(37)56(50)59-54/h3-35H,1-2H3. The van der Waals surface area contributed by atoms with Crippen LogP contribution in [0.5, 0.6) is 0 Å². The molecule has 0 unspecified atom stereocenters. The molecular weight excluding hydrogens is 715 g/mol. The Labute approximate surface area is 343 Å². The highest BCUT2D eigenvalue weighted by atomic mass is 16.3. The second-order valence-corrected chi connectivity index (χ2v) is 16.4. The third kappa shape index (κ3) is 5.06. The first-order chi connectivity index (χ1) is 29.0. The molecule has 2 nitrogen and oxygen atoms in total. The highest BCUT2D eigenvalue weighted by molar-refractivity contribution is 6.19. The van der Waals surface area contributed by atoms with Gasteiger partial charge in [-0.3, -0.25) is 0 Å². The fourth-order valence-electron chi connectivity index (χ4n) is 10.0. The first-order valence-electron chi connectivity index (χ1n) is 20.5. The molecule has 12 rings (SSSR count). The molecule has 0 aliphatic heterocycles.